The molecule has 0 saturated heterocycles. The lowest BCUT2D eigenvalue weighted by Crippen LogP contribution is -2.16. The van der Waals surface area contributed by atoms with Crippen LogP contribution < -0.4 is 10.5 Å². The van der Waals surface area contributed by atoms with Gasteiger partial charge in [0.1, 0.15) is 11.4 Å². The Labute approximate surface area is 116 Å². The summed E-state index contributed by atoms with van der Waals surface area (Å²) in [5.41, 5.74) is 7.67. The predicted octanol–water partition coefficient (Wildman–Crippen LogP) is 2.23. The zero-order valence-corrected chi connectivity index (χ0v) is 11.4. The van der Waals surface area contributed by atoms with Gasteiger partial charge in [0.25, 0.3) is 0 Å². The lowest BCUT2D eigenvalue weighted by atomic mass is 10.2. The predicted molar refractivity (Wildman–Crippen MR) is 75.2 cm³/mol. The molecule has 6 nitrogen and oxygen atoms in total. The molecule has 0 atom stereocenters. The van der Waals surface area contributed by atoms with Crippen LogP contribution in [0.3, 0.4) is 0 Å². The lowest BCUT2D eigenvalue weighted by molar-refractivity contribution is 0.318. The van der Waals surface area contributed by atoms with Crippen molar-refractivity contribution in [3.8, 4) is 11.8 Å². The number of nitrogens with zero attached hydrogens (tertiary/aromatic N) is 3. The first kappa shape index (κ1) is 13.8. The molecule has 1 heterocycles. The van der Waals surface area contributed by atoms with Gasteiger partial charge < -0.3 is 15.7 Å². The number of aromatic nitrogens is 2. The molecule has 0 radical (unpaired) electrons. The Bertz CT molecular complexity index is 641. The van der Waals surface area contributed by atoms with E-state index >= 15 is 0 Å². The average Bonchev–Trinajstić information content (AvgIpc) is 2.46. The zero-order valence-electron chi connectivity index (χ0n) is 11.4. The summed E-state index contributed by atoms with van der Waals surface area (Å²) in [5, 5.41) is 11.6. The maximum absolute atomic E-state index is 8.69. The SMILES string of the molecule is CCc1cccc(Oc2nc(C)cc(/C(N)=N/O)n2)c1. The van der Waals surface area contributed by atoms with Gasteiger partial charge in [0.05, 0.1) is 0 Å². The van der Waals surface area contributed by atoms with E-state index in [1.165, 1.54) is 0 Å². The number of hydrogen-bond acceptors (Lipinski definition) is 5. The Morgan fingerprint density at radius 2 is 2.15 bits per heavy atom. The van der Waals surface area contributed by atoms with Crippen molar-refractivity contribution in [1.82, 2.24) is 9.97 Å². The van der Waals surface area contributed by atoms with Crippen molar-refractivity contribution in [2.24, 2.45) is 10.9 Å². The summed E-state index contributed by atoms with van der Waals surface area (Å²) in [7, 11) is 0. The van der Waals surface area contributed by atoms with Gasteiger partial charge in [-0.15, -0.1) is 0 Å². The van der Waals surface area contributed by atoms with E-state index in [1.807, 2.05) is 24.3 Å². The first-order chi connectivity index (χ1) is 9.62. The van der Waals surface area contributed by atoms with Gasteiger partial charge >= 0.3 is 6.01 Å². The molecule has 104 valence electrons. The molecule has 0 saturated carbocycles. The molecule has 3 N–H and O–H groups in total. The van der Waals surface area contributed by atoms with Crippen molar-refractivity contribution in [2.45, 2.75) is 20.3 Å². The highest BCUT2D eigenvalue weighted by atomic mass is 16.5. The third-order valence-corrected chi connectivity index (χ3v) is 2.72. The van der Waals surface area contributed by atoms with Crippen molar-refractivity contribution >= 4 is 5.84 Å². The number of oxime groups is 1. The fraction of sp³-hybridized carbons (Fsp3) is 0.214. The number of benzene rings is 1. The molecule has 2 aromatic rings. The van der Waals surface area contributed by atoms with Crippen LogP contribution in [-0.2, 0) is 6.42 Å². The topological polar surface area (TPSA) is 93.6 Å². The van der Waals surface area contributed by atoms with Crippen LogP contribution in [0.25, 0.3) is 0 Å². The largest absolute Gasteiger partial charge is 0.424 e. The minimum Gasteiger partial charge on any atom is -0.424 e. The van der Waals surface area contributed by atoms with Gasteiger partial charge in [-0.25, -0.2) is 4.98 Å². The molecule has 0 spiro atoms. The minimum absolute atomic E-state index is 0.0809. The number of rotatable bonds is 4. The summed E-state index contributed by atoms with van der Waals surface area (Å²) in [6.45, 7) is 3.85. The Balaban J connectivity index is 2.31. The van der Waals surface area contributed by atoms with E-state index < -0.39 is 0 Å². The molecule has 0 aliphatic rings. The molecule has 1 aromatic carbocycles. The van der Waals surface area contributed by atoms with E-state index in [9.17, 15) is 0 Å². The Morgan fingerprint density at radius 3 is 2.85 bits per heavy atom. The molecule has 2 rings (SSSR count). The van der Waals surface area contributed by atoms with Crippen molar-refractivity contribution in [2.75, 3.05) is 0 Å². The Kier molecular flexibility index (Phi) is 4.14. The van der Waals surface area contributed by atoms with Crippen LogP contribution in [0.15, 0.2) is 35.5 Å². The summed E-state index contributed by atoms with van der Waals surface area (Å²) in [6, 6.07) is 9.47. The van der Waals surface area contributed by atoms with E-state index in [4.69, 9.17) is 15.7 Å². The second-order valence-electron chi connectivity index (χ2n) is 4.27. The van der Waals surface area contributed by atoms with Crippen LogP contribution in [-0.4, -0.2) is 21.0 Å². The monoisotopic (exact) mass is 272 g/mol. The van der Waals surface area contributed by atoms with Gasteiger partial charge in [0.15, 0.2) is 5.84 Å². The van der Waals surface area contributed by atoms with Gasteiger partial charge in [0, 0.05) is 5.69 Å². The van der Waals surface area contributed by atoms with E-state index in [1.54, 1.807) is 13.0 Å². The van der Waals surface area contributed by atoms with E-state index in [0.717, 1.165) is 12.0 Å². The van der Waals surface area contributed by atoms with Gasteiger partial charge in [-0.2, -0.15) is 4.98 Å². The fourth-order valence-corrected chi connectivity index (χ4v) is 1.70. The van der Waals surface area contributed by atoms with E-state index in [2.05, 4.69) is 22.0 Å². The third-order valence-electron chi connectivity index (χ3n) is 2.72. The van der Waals surface area contributed by atoms with Crippen molar-refractivity contribution in [3.05, 3.63) is 47.3 Å². The van der Waals surface area contributed by atoms with E-state index in [0.29, 0.717) is 17.1 Å². The molecule has 1 aromatic heterocycles. The Morgan fingerprint density at radius 1 is 1.35 bits per heavy atom. The summed E-state index contributed by atoms with van der Waals surface area (Å²) >= 11 is 0. The van der Waals surface area contributed by atoms with Crippen LogP contribution in [0.1, 0.15) is 23.9 Å². The van der Waals surface area contributed by atoms with Crippen LogP contribution in [0.2, 0.25) is 0 Å². The highest BCUT2D eigenvalue weighted by molar-refractivity contribution is 5.95. The second kappa shape index (κ2) is 6.01. The van der Waals surface area contributed by atoms with Crippen LogP contribution >= 0.6 is 0 Å². The van der Waals surface area contributed by atoms with Crippen molar-refractivity contribution in [1.29, 1.82) is 0 Å². The molecule has 0 aliphatic carbocycles. The maximum atomic E-state index is 8.69. The van der Waals surface area contributed by atoms with Crippen LogP contribution in [0.4, 0.5) is 0 Å². The Hall–Kier alpha value is -2.63. The average molecular weight is 272 g/mol. The highest BCUT2D eigenvalue weighted by Gasteiger charge is 2.08. The highest BCUT2D eigenvalue weighted by Crippen LogP contribution is 2.20. The minimum atomic E-state index is -0.0809. The van der Waals surface area contributed by atoms with Gasteiger partial charge in [-0.1, -0.05) is 24.2 Å². The molecule has 0 unspecified atom stereocenters. The van der Waals surface area contributed by atoms with Gasteiger partial charge in [0.2, 0.25) is 0 Å². The molecule has 0 fully saturated rings. The molecule has 0 bridgehead atoms. The number of nitrogens with two attached hydrogens (primary N) is 1. The summed E-state index contributed by atoms with van der Waals surface area (Å²) < 4.78 is 5.62. The summed E-state index contributed by atoms with van der Waals surface area (Å²) in [5.74, 6) is 0.572. The third kappa shape index (κ3) is 3.23. The van der Waals surface area contributed by atoms with Crippen LogP contribution in [0.5, 0.6) is 11.8 Å². The summed E-state index contributed by atoms with van der Waals surface area (Å²) in [4.78, 5) is 8.28. The smallest absolute Gasteiger partial charge is 0.322 e. The van der Waals surface area contributed by atoms with E-state index in [-0.39, 0.29) is 11.8 Å². The fourth-order valence-electron chi connectivity index (χ4n) is 1.70. The first-order valence-electron chi connectivity index (χ1n) is 6.22. The quantitative estimate of drug-likeness (QED) is 0.385. The number of amidine groups is 1. The normalized spacial score (nSPS) is 11.4. The van der Waals surface area contributed by atoms with Crippen molar-refractivity contribution < 1.29 is 9.94 Å². The lowest BCUT2D eigenvalue weighted by Gasteiger charge is -2.07. The molecule has 20 heavy (non-hydrogen) atoms. The number of hydrogen-bond donors (Lipinski definition) is 2. The van der Waals surface area contributed by atoms with Gasteiger partial charge in [-0.05, 0) is 37.1 Å². The van der Waals surface area contributed by atoms with Crippen LogP contribution in [0, 0.1) is 6.92 Å². The molecule has 6 heteroatoms. The van der Waals surface area contributed by atoms with Crippen molar-refractivity contribution in [3.63, 3.8) is 0 Å². The summed E-state index contributed by atoms with van der Waals surface area (Å²) in [6.07, 6.45) is 0.918. The number of aryl methyl sites for hydroxylation is 2. The zero-order chi connectivity index (χ0) is 14.5. The second-order valence-corrected chi connectivity index (χ2v) is 4.27. The molecular formula is C14H16N4O2. The van der Waals surface area contributed by atoms with Gasteiger partial charge in [-0.3, -0.25) is 0 Å². The first-order valence-corrected chi connectivity index (χ1v) is 6.22. The molecule has 0 amide bonds. The molecular weight excluding hydrogens is 256 g/mol. The molecule has 0 aliphatic heterocycles. The standard InChI is InChI=1S/C14H16N4O2/c1-3-10-5-4-6-11(8-10)20-14-16-9(2)7-12(17-14)13(15)18-19/h4-8,19H,3H2,1-2H3,(H2,15,18). The number of ether oxygens (including phenoxy) is 1. The maximum Gasteiger partial charge on any atom is 0.322 e.